The Morgan fingerprint density at radius 2 is 2.00 bits per heavy atom. The Bertz CT molecular complexity index is 366. The molecule has 16 heavy (non-hydrogen) atoms. The molecule has 1 rings (SSSR count). The summed E-state index contributed by atoms with van der Waals surface area (Å²) in [7, 11) is 0. The molecule has 0 bridgehead atoms. The minimum absolute atomic E-state index is 0.0338. The molecule has 0 spiro atoms. The molecule has 0 saturated heterocycles. The first kappa shape index (κ1) is 12.3. The van der Waals surface area contributed by atoms with Crippen LogP contribution in [0.2, 0.25) is 0 Å². The first-order valence-corrected chi connectivity index (χ1v) is 5.08. The number of ether oxygens (including phenoxy) is 2. The minimum Gasteiger partial charge on any atom is -0.460 e. The third kappa shape index (κ3) is 3.42. The number of hydrogen-bond donors (Lipinski definition) is 0. The number of carbonyl (C=O) groups excluding carboxylic acids is 2. The number of furan rings is 1. The Labute approximate surface area is 93.3 Å². The molecular weight excluding hydrogens is 212 g/mol. The molecule has 0 unspecified atom stereocenters. The molecule has 5 nitrogen and oxygen atoms in total. The predicted molar refractivity (Wildman–Crippen MR) is 54.8 cm³/mol. The first-order valence-electron chi connectivity index (χ1n) is 5.08. The van der Waals surface area contributed by atoms with E-state index in [1.165, 1.54) is 6.07 Å². The van der Waals surface area contributed by atoms with Crippen LogP contribution in [0.25, 0.3) is 0 Å². The fraction of sp³-hybridized carbons (Fsp3) is 0.455. The van der Waals surface area contributed by atoms with Gasteiger partial charge in [-0.1, -0.05) is 6.92 Å². The van der Waals surface area contributed by atoms with Crippen molar-refractivity contribution in [1.82, 2.24) is 0 Å². The summed E-state index contributed by atoms with van der Waals surface area (Å²) >= 11 is 0. The third-order valence-corrected chi connectivity index (χ3v) is 1.80. The molecule has 0 fully saturated rings. The van der Waals surface area contributed by atoms with Crippen LogP contribution in [0.3, 0.4) is 0 Å². The van der Waals surface area contributed by atoms with Crippen LogP contribution in [0.4, 0.5) is 0 Å². The van der Waals surface area contributed by atoms with Gasteiger partial charge in [-0.15, -0.1) is 0 Å². The van der Waals surface area contributed by atoms with Gasteiger partial charge in [-0.3, -0.25) is 4.79 Å². The maximum absolute atomic E-state index is 11.2. The van der Waals surface area contributed by atoms with Gasteiger partial charge in [0.15, 0.2) is 0 Å². The normalized spacial score (nSPS) is 9.88. The fourth-order valence-corrected chi connectivity index (χ4v) is 1.02. The van der Waals surface area contributed by atoms with Crippen LogP contribution in [-0.4, -0.2) is 18.5 Å². The van der Waals surface area contributed by atoms with Crippen LogP contribution in [0.15, 0.2) is 16.5 Å². The highest BCUT2D eigenvalue weighted by Crippen LogP contribution is 2.10. The second kappa shape index (κ2) is 5.95. The predicted octanol–water partition coefficient (Wildman–Crippen LogP) is 1.91. The van der Waals surface area contributed by atoms with Gasteiger partial charge in [-0.05, 0) is 19.1 Å². The molecule has 0 amide bonds. The number of esters is 2. The quantitative estimate of drug-likeness (QED) is 0.717. The SMILES string of the molecule is CCOC(=O)c1ccc(COC(=O)CC)o1. The smallest absolute Gasteiger partial charge is 0.374 e. The van der Waals surface area contributed by atoms with Gasteiger partial charge in [0, 0.05) is 6.42 Å². The van der Waals surface area contributed by atoms with Gasteiger partial charge in [-0.25, -0.2) is 4.79 Å². The van der Waals surface area contributed by atoms with Gasteiger partial charge in [0.05, 0.1) is 6.61 Å². The van der Waals surface area contributed by atoms with Crippen LogP contribution in [0.5, 0.6) is 0 Å². The highest BCUT2D eigenvalue weighted by atomic mass is 16.6. The first-order chi connectivity index (χ1) is 7.67. The molecule has 1 aromatic heterocycles. The average molecular weight is 226 g/mol. The molecular formula is C11H14O5. The summed E-state index contributed by atoms with van der Waals surface area (Å²) in [6, 6.07) is 3.07. The summed E-state index contributed by atoms with van der Waals surface area (Å²) in [5, 5.41) is 0. The fourth-order valence-electron chi connectivity index (χ4n) is 1.02. The lowest BCUT2D eigenvalue weighted by atomic mass is 10.4. The van der Waals surface area contributed by atoms with E-state index < -0.39 is 5.97 Å². The largest absolute Gasteiger partial charge is 0.460 e. The summed E-state index contributed by atoms with van der Waals surface area (Å²) < 4.78 is 14.7. The van der Waals surface area contributed by atoms with Crippen LogP contribution < -0.4 is 0 Å². The van der Waals surface area contributed by atoms with Gasteiger partial charge >= 0.3 is 11.9 Å². The zero-order chi connectivity index (χ0) is 12.0. The van der Waals surface area contributed by atoms with Crippen molar-refractivity contribution < 1.29 is 23.5 Å². The molecule has 0 radical (unpaired) electrons. The summed E-state index contributed by atoms with van der Waals surface area (Å²) in [5.41, 5.74) is 0. The van der Waals surface area contributed by atoms with Crippen LogP contribution in [0.1, 0.15) is 36.6 Å². The molecule has 1 heterocycles. The maximum atomic E-state index is 11.2. The topological polar surface area (TPSA) is 65.7 Å². The van der Waals surface area contributed by atoms with Crippen molar-refractivity contribution in [3.63, 3.8) is 0 Å². The van der Waals surface area contributed by atoms with Gasteiger partial charge in [0.1, 0.15) is 12.4 Å². The van der Waals surface area contributed by atoms with Gasteiger partial charge in [0.25, 0.3) is 0 Å². The molecule has 0 aliphatic rings. The lowest BCUT2D eigenvalue weighted by Gasteiger charge is -2.00. The van der Waals surface area contributed by atoms with E-state index in [1.807, 2.05) is 0 Å². The Hall–Kier alpha value is -1.78. The zero-order valence-electron chi connectivity index (χ0n) is 9.32. The van der Waals surface area contributed by atoms with E-state index in [2.05, 4.69) is 0 Å². The number of hydrogen-bond acceptors (Lipinski definition) is 5. The zero-order valence-corrected chi connectivity index (χ0v) is 9.32. The summed E-state index contributed by atoms with van der Waals surface area (Å²) in [6.45, 7) is 3.74. The Balaban J connectivity index is 2.51. The van der Waals surface area contributed by atoms with E-state index in [0.29, 0.717) is 18.8 Å². The van der Waals surface area contributed by atoms with Crippen molar-refractivity contribution in [2.75, 3.05) is 6.61 Å². The highest BCUT2D eigenvalue weighted by Gasteiger charge is 2.12. The second-order valence-corrected chi connectivity index (χ2v) is 3.00. The standard InChI is InChI=1S/C11H14O5/c1-3-10(12)15-7-8-5-6-9(16-8)11(13)14-4-2/h5-6H,3-4,7H2,1-2H3. The van der Waals surface area contributed by atoms with Crippen molar-refractivity contribution in [2.24, 2.45) is 0 Å². The Kier molecular flexibility index (Phi) is 4.57. The molecule has 0 atom stereocenters. The molecule has 0 aliphatic carbocycles. The highest BCUT2D eigenvalue weighted by molar-refractivity contribution is 5.86. The molecule has 0 aliphatic heterocycles. The monoisotopic (exact) mass is 226 g/mol. The average Bonchev–Trinajstić information content (AvgIpc) is 2.75. The second-order valence-electron chi connectivity index (χ2n) is 3.00. The third-order valence-electron chi connectivity index (χ3n) is 1.80. The van der Waals surface area contributed by atoms with Crippen molar-refractivity contribution in [1.29, 1.82) is 0 Å². The number of rotatable bonds is 5. The van der Waals surface area contributed by atoms with Crippen molar-refractivity contribution in [2.45, 2.75) is 26.9 Å². The molecule has 1 aromatic rings. The van der Waals surface area contributed by atoms with E-state index in [0.717, 1.165) is 0 Å². The lowest BCUT2D eigenvalue weighted by Crippen LogP contribution is -2.03. The maximum Gasteiger partial charge on any atom is 0.374 e. The molecule has 0 aromatic carbocycles. The van der Waals surface area contributed by atoms with Gasteiger partial charge < -0.3 is 13.9 Å². The van der Waals surface area contributed by atoms with Crippen LogP contribution >= 0.6 is 0 Å². The Morgan fingerprint density at radius 1 is 1.25 bits per heavy atom. The molecule has 0 N–H and O–H groups in total. The van der Waals surface area contributed by atoms with Crippen LogP contribution in [0, 0.1) is 0 Å². The molecule has 88 valence electrons. The van der Waals surface area contributed by atoms with E-state index >= 15 is 0 Å². The van der Waals surface area contributed by atoms with E-state index in [4.69, 9.17) is 13.9 Å². The summed E-state index contributed by atoms with van der Waals surface area (Å²) in [6.07, 6.45) is 0.311. The van der Waals surface area contributed by atoms with E-state index in [9.17, 15) is 9.59 Å². The van der Waals surface area contributed by atoms with Crippen molar-refractivity contribution in [3.05, 3.63) is 23.7 Å². The molecule has 0 saturated carbocycles. The summed E-state index contributed by atoms with van der Waals surface area (Å²) in [5.74, 6) is -0.293. The lowest BCUT2D eigenvalue weighted by molar-refractivity contribution is -0.145. The van der Waals surface area contributed by atoms with E-state index in [1.54, 1.807) is 19.9 Å². The minimum atomic E-state index is -0.518. The Morgan fingerprint density at radius 3 is 2.62 bits per heavy atom. The van der Waals surface area contributed by atoms with Crippen molar-refractivity contribution in [3.8, 4) is 0 Å². The van der Waals surface area contributed by atoms with Gasteiger partial charge in [0.2, 0.25) is 5.76 Å². The van der Waals surface area contributed by atoms with Crippen molar-refractivity contribution >= 4 is 11.9 Å². The van der Waals surface area contributed by atoms with Gasteiger partial charge in [-0.2, -0.15) is 0 Å². The molecule has 5 heteroatoms. The van der Waals surface area contributed by atoms with Crippen LogP contribution in [-0.2, 0) is 20.9 Å². The summed E-state index contributed by atoms with van der Waals surface area (Å²) in [4.78, 5) is 22.1. The van der Waals surface area contributed by atoms with E-state index in [-0.39, 0.29) is 18.3 Å². The number of carbonyl (C=O) groups is 2.